The van der Waals surface area contributed by atoms with Crippen molar-refractivity contribution in [1.82, 2.24) is 0 Å². The Labute approximate surface area is 118 Å². The standard InChI is InChI=1S/C16H18N2O2/c1-2-4-11-7-9-12(10-8-11)20-15-13(16(18)19)5-3-6-14(15)17/h3,5-10H,2,4,17H2,1H3,(H2,18,19). The number of nitrogen functional groups attached to an aromatic ring is 1. The van der Waals surface area contributed by atoms with Crippen molar-refractivity contribution in [1.29, 1.82) is 0 Å². The van der Waals surface area contributed by atoms with Crippen molar-refractivity contribution in [2.24, 2.45) is 5.73 Å². The highest BCUT2D eigenvalue weighted by atomic mass is 16.5. The summed E-state index contributed by atoms with van der Waals surface area (Å²) in [5, 5.41) is 0. The Hall–Kier alpha value is -2.49. The minimum Gasteiger partial charge on any atom is -0.454 e. The van der Waals surface area contributed by atoms with Gasteiger partial charge in [0.25, 0.3) is 5.91 Å². The maximum Gasteiger partial charge on any atom is 0.252 e. The molecule has 20 heavy (non-hydrogen) atoms. The number of rotatable bonds is 5. The van der Waals surface area contributed by atoms with Crippen LogP contribution in [0.15, 0.2) is 42.5 Å². The molecule has 0 atom stereocenters. The van der Waals surface area contributed by atoms with Gasteiger partial charge in [-0.2, -0.15) is 0 Å². The highest BCUT2D eigenvalue weighted by molar-refractivity contribution is 5.97. The smallest absolute Gasteiger partial charge is 0.252 e. The third-order valence-electron chi connectivity index (χ3n) is 2.99. The number of carbonyl (C=O) groups excluding carboxylic acids is 1. The molecule has 0 aliphatic heterocycles. The third-order valence-corrected chi connectivity index (χ3v) is 2.99. The maximum atomic E-state index is 11.4. The summed E-state index contributed by atoms with van der Waals surface area (Å²) in [6, 6.07) is 12.7. The summed E-state index contributed by atoms with van der Waals surface area (Å²) in [4.78, 5) is 11.4. The van der Waals surface area contributed by atoms with Gasteiger partial charge in [0.1, 0.15) is 5.75 Å². The van der Waals surface area contributed by atoms with E-state index < -0.39 is 5.91 Å². The van der Waals surface area contributed by atoms with E-state index in [4.69, 9.17) is 16.2 Å². The molecule has 4 nitrogen and oxygen atoms in total. The van der Waals surface area contributed by atoms with E-state index in [2.05, 4.69) is 6.92 Å². The van der Waals surface area contributed by atoms with Crippen LogP contribution < -0.4 is 16.2 Å². The average Bonchev–Trinajstić information content (AvgIpc) is 2.43. The van der Waals surface area contributed by atoms with Crippen molar-refractivity contribution in [2.45, 2.75) is 19.8 Å². The largest absolute Gasteiger partial charge is 0.454 e. The van der Waals surface area contributed by atoms with E-state index in [1.54, 1.807) is 18.2 Å². The van der Waals surface area contributed by atoms with Gasteiger partial charge in [0.2, 0.25) is 0 Å². The van der Waals surface area contributed by atoms with Crippen molar-refractivity contribution in [2.75, 3.05) is 5.73 Å². The number of primary amides is 1. The Morgan fingerprint density at radius 3 is 2.45 bits per heavy atom. The van der Waals surface area contributed by atoms with Crippen LogP contribution >= 0.6 is 0 Å². The predicted octanol–water partition coefficient (Wildman–Crippen LogP) is 3.11. The third kappa shape index (κ3) is 3.09. The second-order valence-corrected chi connectivity index (χ2v) is 4.58. The van der Waals surface area contributed by atoms with Gasteiger partial charge in [0.15, 0.2) is 5.75 Å². The molecule has 2 rings (SSSR count). The van der Waals surface area contributed by atoms with Crippen LogP contribution in [0.2, 0.25) is 0 Å². The molecule has 4 N–H and O–H groups in total. The van der Waals surface area contributed by atoms with Gasteiger partial charge in [-0.1, -0.05) is 31.5 Å². The molecule has 1 amide bonds. The molecule has 104 valence electrons. The molecule has 0 saturated carbocycles. The number of hydrogen-bond acceptors (Lipinski definition) is 3. The molecule has 0 radical (unpaired) electrons. The number of ether oxygens (including phenoxy) is 1. The Balaban J connectivity index is 2.27. The van der Waals surface area contributed by atoms with Gasteiger partial charge in [0.05, 0.1) is 11.3 Å². The number of anilines is 1. The summed E-state index contributed by atoms with van der Waals surface area (Å²) in [5.74, 6) is 0.378. The second-order valence-electron chi connectivity index (χ2n) is 4.58. The molecule has 0 aromatic heterocycles. The van der Waals surface area contributed by atoms with E-state index in [0.717, 1.165) is 12.8 Å². The lowest BCUT2D eigenvalue weighted by molar-refractivity contribution is 0.0998. The number of benzene rings is 2. The molecular formula is C16H18N2O2. The molecule has 4 heteroatoms. The molecule has 2 aromatic carbocycles. The molecule has 0 aliphatic rings. The van der Waals surface area contributed by atoms with E-state index in [0.29, 0.717) is 17.2 Å². The van der Waals surface area contributed by atoms with Crippen molar-refractivity contribution >= 4 is 11.6 Å². The van der Waals surface area contributed by atoms with Gasteiger partial charge >= 0.3 is 0 Å². The van der Waals surface area contributed by atoms with Crippen LogP contribution in [0.5, 0.6) is 11.5 Å². The Morgan fingerprint density at radius 1 is 1.15 bits per heavy atom. The number of nitrogens with two attached hydrogens (primary N) is 2. The molecule has 0 saturated heterocycles. The number of aryl methyl sites for hydroxylation is 1. The summed E-state index contributed by atoms with van der Waals surface area (Å²) >= 11 is 0. The summed E-state index contributed by atoms with van der Waals surface area (Å²) in [7, 11) is 0. The quantitative estimate of drug-likeness (QED) is 0.819. The van der Waals surface area contributed by atoms with Crippen LogP contribution in [0, 0.1) is 0 Å². The highest BCUT2D eigenvalue weighted by Gasteiger charge is 2.13. The van der Waals surface area contributed by atoms with Gasteiger partial charge in [-0.15, -0.1) is 0 Å². The van der Waals surface area contributed by atoms with Crippen LogP contribution in [0.1, 0.15) is 29.3 Å². The van der Waals surface area contributed by atoms with Gasteiger partial charge in [-0.3, -0.25) is 4.79 Å². The highest BCUT2D eigenvalue weighted by Crippen LogP contribution is 2.31. The molecule has 0 bridgehead atoms. The Bertz CT molecular complexity index is 606. The fourth-order valence-corrected chi connectivity index (χ4v) is 1.99. The normalized spacial score (nSPS) is 10.2. The number of para-hydroxylation sites is 1. The Morgan fingerprint density at radius 2 is 1.85 bits per heavy atom. The minimum atomic E-state index is -0.560. The first kappa shape index (κ1) is 13.9. The second kappa shape index (κ2) is 6.10. The molecule has 0 unspecified atom stereocenters. The van der Waals surface area contributed by atoms with Crippen LogP contribution in [-0.4, -0.2) is 5.91 Å². The van der Waals surface area contributed by atoms with E-state index >= 15 is 0 Å². The van der Waals surface area contributed by atoms with Gasteiger partial charge < -0.3 is 16.2 Å². The molecular weight excluding hydrogens is 252 g/mol. The summed E-state index contributed by atoms with van der Waals surface area (Å²) < 4.78 is 5.71. The molecule has 0 spiro atoms. The predicted molar refractivity (Wildman–Crippen MR) is 79.9 cm³/mol. The average molecular weight is 270 g/mol. The monoisotopic (exact) mass is 270 g/mol. The van der Waals surface area contributed by atoms with Crippen molar-refractivity contribution in [3.63, 3.8) is 0 Å². The van der Waals surface area contributed by atoms with E-state index in [-0.39, 0.29) is 5.56 Å². The van der Waals surface area contributed by atoms with Gasteiger partial charge in [-0.05, 0) is 36.2 Å². The first-order chi connectivity index (χ1) is 9.61. The number of hydrogen-bond donors (Lipinski definition) is 2. The summed E-state index contributed by atoms with van der Waals surface area (Å²) in [5.41, 5.74) is 13.1. The van der Waals surface area contributed by atoms with E-state index in [9.17, 15) is 4.79 Å². The number of carbonyl (C=O) groups is 1. The van der Waals surface area contributed by atoms with E-state index in [1.165, 1.54) is 5.56 Å². The minimum absolute atomic E-state index is 0.280. The first-order valence-electron chi connectivity index (χ1n) is 6.57. The summed E-state index contributed by atoms with van der Waals surface area (Å²) in [6.07, 6.45) is 2.12. The molecule has 0 fully saturated rings. The van der Waals surface area contributed by atoms with Crippen molar-refractivity contribution in [3.8, 4) is 11.5 Å². The summed E-state index contributed by atoms with van der Waals surface area (Å²) in [6.45, 7) is 2.13. The van der Waals surface area contributed by atoms with E-state index in [1.807, 2.05) is 24.3 Å². The van der Waals surface area contributed by atoms with Crippen LogP contribution in [-0.2, 0) is 6.42 Å². The molecule has 0 heterocycles. The number of amides is 1. The Kier molecular flexibility index (Phi) is 4.25. The topological polar surface area (TPSA) is 78.3 Å². The lowest BCUT2D eigenvalue weighted by Gasteiger charge is -2.12. The van der Waals surface area contributed by atoms with Crippen molar-refractivity contribution in [3.05, 3.63) is 53.6 Å². The fraction of sp³-hybridized carbons (Fsp3) is 0.188. The maximum absolute atomic E-state index is 11.4. The fourth-order valence-electron chi connectivity index (χ4n) is 1.99. The van der Waals surface area contributed by atoms with Crippen LogP contribution in [0.3, 0.4) is 0 Å². The molecule has 0 aliphatic carbocycles. The van der Waals surface area contributed by atoms with Gasteiger partial charge in [0, 0.05) is 0 Å². The zero-order valence-electron chi connectivity index (χ0n) is 11.4. The zero-order valence-corrected chi connectivity index (χ0v) is 11.4. The zero-order chi connectivity index (χ0) is 14.5. The lowest BCUT2D eigenvalue weighted by atomic mass is 10.1. The van der Waals surface area contributed by atoms with Crippen LogP contribution in [0.25, 0.3) is 0 Å². The molecule has 2 aromatic rings. The van der Waals surface area contributed by atoms with Gasteiger partial charge in [-0.25, -0.2) is 0 Å². The van der Waals surface area contributed by atoms with Crippen LogP contribution in [0.4, 0.5) is 5.69 Å². The lowest BCUT2D eigenvalue weighted by Crippen LogP contribution is -2.13. The first-order valence-corrected chi connectivity index (χ1v) is 6.57. The van der Waals surface area contributed by atoms with Crippen molar-refractivity contribution < 1.29 is 9.53 Å². The SMILES string of the molecule is CCCc1ccc(Oc2c(N)cccc2C(N)=O)cc1.